The molecule has 0 saturated carbocycles. The number of amides is 3. The first-order chi connectivity index (χ1) is 14.9. The van der Waals surface area contributed by atoms with Gasteiger partial charge < -0.3 is 19.6 Å². The molecule has 0 aliphatic carbocycles. The number of benzene rings is 1. The summed E-state index contributed by atoms with van der Waals surface area (Å²) in [5.41, 5.74) is 0.947. The maximum Gasteiger partial charge on any atom is 0.322 e. The highest BCUT2D eigenvalue weighted by molar-refractivity contribution is 6.07. The largest absolute Gasteiger partial charge is 0.497 e. The van der Waals surface area contributed by atoms with E-state index in [-0.39, 0.29) is 18.0 Å². The number of carbonyl (C=O) groups is 2. The minimum Gasteiger partial charge on any atom is -0.497 e. The van der Waals surface area contributed by atoms with Crippen molar-refractivity contribution in [3.05, 3.63) is 59.0 Å². The van der Waals surface area contributed by atoms with Gasteiger partial charge in [-0.25, -0.2) is 9.78 Å². The summed E-state index contributed by atoms with van der Waals surface area (Å²) in [5, 5.41) is 24.9. The van der Waals surface area contributed by atoms with Crippen LogP contribution in [0.15, 0.2) is 40.8 Å². The smallest absolute Gasteiger partial charge is 0.322 e. The van der Waals surface area contributed by atoms with Crippen LogP contribution < -0.4 is 15.4 Å². The minimum atomic E-state index is -1.57. The Bertz CT molecular complexity index is 1280. The highest BCUT2D eigenvalue weighted by Gasteiger charge is 2.53. The van der Waals surface area contributed by atoms with E-state index in [0.717, 1.165) is 5.56 Å². The fraction of sp³-hybridized carbons (Fsp3) is 0.238. The lowest BCUT2D eigenvalue weighted by molar-refractivity contribution is -0.127. The van der Waals surface area contributed by atoms with E-state index >= 15 is 0 Å². The van der Waals surface area contributed by atoms with Crippen molar-refractivity contribution >= 4 is 23.0 Å². The average molecular weight is 419 g/mol. The molecule has 2 aromatic heterocycles. The molecule has 2 aliphatic heterocycles. The maximum atomic E-state index is 12.9. The lowest BCUT2D eigenvalue weighted by Gasteiger charge is -2.30. The van der Waals surface area contributed by atoms with E-state index in [0.29, 0.717) is 29.0 Å². The molecule has 156 valence electrons. The van der Waals surface area contributed by atoms with Crippen molar-refractivity contribution in [2.75, 3.05) is 13.7 Å². The Morgan fingerprint density at radius 1 is 1.35 bits per heavy atom. The van der Waals surface area contributed by atoms with Gasteiger partial charge in [-0.15, -0.1) is 0 Å². The predicted octanol–water partition coefficient (Wildman–Crippen LogP) is 1.25. The Kier molecular flexibility index (Phi) is 4.18. The van der Waals surface area contributed by atoms with Gasteiger partial charge in [0.2, 0.25) is 0 Å². The summed E-state index contributed by atoms with van der Waals surface area (Å²) in [5.74, 6) is 0.171. The van der Waals surface area contributed by atoms with Gasteiger partial charge in [0.15, 0.2) is 11.1 Å². The van der Waals surface area contributed by atoms with Crippen molar-refractivity contribution in [3.8, 4) is 11.8 Å². The van der Waals surface area contributed by atoms with Crippen LogP contribution in [0, 0.1) is 11.3 Å². The standard InChI is InChI=1S/C21H17N5O5/c1-30-13-4-2-11-9-26(18(27)14(11)6-13)10-21(19(28)24-20(29)25-21)17-7-15-16(31-17)5-3-12(8-22)23-15/h2-7,18,27H,9-10H2,1H3,(H2,24,25,28,29). The number of pyridine rings is 1. The molecule has 3 N–H and O–H groups in total. The Labute approximate surface area is 176 Å². The summed E-state index contributed by atoms with van der Waals surface area (Å²) >= 11 is 0. The molecule has 0 spiro atoms. The number of aliphatic hydroxyl groups is 1. The van der Waals surface area contributed by atoms with Gasteiger partial charge >= 0.3 is 6.03 Å². The molecule has 5 rings (SSSR count). The lowest BCUT2D eigenvalue weighted by Crippen LogP contribution is -2.52. The van der Waals surface area contributed by atoms with Crippen LogP contribution in [0.5, 0.6) is 5.75 Å². The van der Waals surface area contributed by atoms with Crippen LogP contribution in [-0.2, 0) is 16.9 Å². The van der Waals surface area contributed by atoms with Gasteiger partial charge in [0.25, 0.3) is 5.91 Å². The van der Waals surface area contributed by atoms with E-state index in [1.165, 1.54) is 12.1 Å². The second-order valence-electron chi connectivity index (χ2n) is 7.46. The second kappa shape index (κ2) is 6.80. The van der Waals surface area contributed by atoms with Crippen LogP contribution in [0.25, 0.3) is 11.1 Å². The Balaban J connectivity index is 1.54. The van der Waals surface area contributed by atoms with Gasteiger partial charge in [-0.05, 0) is 29.8 Å². The first-order valence-electron chi connectivity index (χ1n) is 9.47. The summed E-state index contributed by atoms with van der Waals surface area (Å²) in [6.07, 6.45) is -1.00. The second-order valence-corrected chi connectivity index (χ2v) is 7.46. The summed E-state index contributed by atoms with van der Waals surface area (Å²) < 4.78 is 11.1. The third kappa shape index (κ3) is 2.91. The summed E-state index contributed by atoms with van der Waals surface area (Å²) in [4.78, 5) is 30.8. The zero-order valence-corrected chi connectivity index (χ0v) is 16.4. The highest BCUT2D eigenvalue weighted by atomic mass is 16.5. The van der Waals surface area contributed by atoms with Crippen molar-refractivity contribution in [2.24, 2.45) is 0 Å². The SMILES string of the molecule is COc1ccc2c(c1)C(O)N(CC1(c3cc4nc(C#N)ccc4o3)NC(=O)NC1=O)C2. The van der Waals surface area contributed by atoms with E-state index in [4.69, 9.17) is 14.4 Å². The van der Waals surface area contributed by atoms with E-state index in [9.17, 15) is 14.7 Å². The van der Waals surface area contributed by atoms with E-state index in [1.54, 1.807) is 30.2 Å². The van der Waals surface area contributed by atoms with Gasteiger partial charge in [-0.3, -0.25) is 15.0 Å². The Morgan fingerprint density at radius 2 is 2.19 bits per heavy atom. The molecule has 10 heteroatoms. The number of methoxy groups -OCH3 is 1. The number of fused-ring (bicyclic) bond motifs is 2. The fourth-order valence-corrected chi connectivity index (χ4v) is 4.08. The Hall–Kier alpha value is -3.94. The van der Waals surface area contributed by atoms with Crippen LogP contribution in [0.4, 0.5) is 4.79 Å². The molecule has 10 nitrogen and oxygen atoms in total. The van der Waals surface area contributed by atoms with E-state index < -0.39 is 23.7 Å². The number of aliphatic hydroxyl groups excluding tert-OH is 1. The Morgan fingerprint density at radius 3 is 2.90 bits per heavy atom. The lowest BCUT2D eigenvalue weighted by atomic mass is 9.95. The molecule has 3 amide bonds. The van der Waals surface area contributed by atoms with Crippen molar-refractivity contribution in [3.63, 3.8) is 0 Å². The third-order valence-electron chi connectivity index (χ3n) is 5.64. The van der Waals surface area contributed by atoms with Crippen molar-refractivity contribution in [2.45, 2.75) is 18.3 Å². The third-order valence-corrected chi connectivity index (χ3v) is 5.64. The van der Waals surface area contributed by atoms with Gasteiger partial charge in [0.05, 0.1) is 7.11 Å². The van der Waals surface area contributed by atoms with Crippen LogP contribution in [0.2, 0.25) is 0 Å². The van der Waals surface area contributed by atoms with Gasteiger partial charge in [-0.1, -0.05) is 6.07 Å². The summed E-state index contributed by atoms with van der Waals surface area (Å²) in [6, 6.07) is 11.3. The topological polar surface area (TPSA) is 141 Å². The number of nitrogens with one attached hydrogen (secondary N) is 2. The molecule has 3 aromatic rings. The zero-order valence-electron chi connectivity index (χ0n) is 16.4. The summed E-state index contributed by atoms with van der Waals surface area (Å²) in [6.45, 7) is 0.316. The van der Waals surface area contributed by atoms with Crippen molar-refractivity contribution < 1.29 is 23.8 Å². The fourth-order valence-electron chi connectivity index (χ4n) is 4.08. The van der Waals surface area contributed by atoms with Crippen molar-refractivity contribution in [1.82, 2.24) is 20.5 Å². The van der Waals surface area contributed by atoms with Crippen LogP contribution in [0.3, 0.4) is 0 Å². The van der Waals surface area contributed by atoms with Gasteiger partial charge in [0.1, 0.15) is 35.0 Å². The molecule has 0 bridgehead atoms. The molecule has 31 heavy (non-hydrogen) atoms. The van der Waals surface area contributed by atoms with Gasteiger partial charge in [-0.2, -0.15) is 5.26 Å². The molecular formula is C21H17N5O5. The molecule has 2 atom stereocenters. The number of hydrogen-bond acceptors (Lipinski definition) is 8. The molecule has 0 radical (unpaired) electrons. The normalized spacial score (nSPS) is 22.8. The van der Waals surface area contributed by atoms with Crippen LogP contribution in [0.1, 0.15) is 28.8 Å². The average Bonchev–Trinajstić information content (AvgIpc) is 3.41. The van der Waals surface area contributed by atoms with Crippen molar-refractivity contribution in [1.29, 1.82) is 5.26 Å². The number of rotatable bonds is 4. The first-order valence-corrected chi connectivity index (χ1v) is 9.47. The van der Waals surface area contributed by atoms with E-state index in [1.807, 2.05) is 12.1 Å². The number of aromatic nitrogens is 1. The number of nitriles is 1. The number of hydrogen-bond donors (Lipinski definition) is 3. The predicted molar refractivity (Wildman–Crippen MR) is 105 cm³/mol. The number of furan rings is 1. The molecule has 4 heterocycles. The monoisotopic (exact) mass is 419 g/mol. The van der Waals surface area contributed by atoms with Crippen LogP contribution >= 0.6 is 0 Å². The molecule has 1 aromatic carbocycles. The minimum absolute atomic E-state index is 0.0480. The number of ether oxygens (including phenoxy) is 1. The molecule has 1 fully saturated rings. The molecule has 1 saturated heterocycles. The molecule has 2 unspecified atom stereocenters. The highest BCUT2D eigenvalue weighted by Crippen LogP contribution is 2.38. The number of carbonyl (C=O) groups excluding carboxylic acids is 2. The quantitative estimate of drug-likeness (QED) is 0.537. The van der Waals surface area contributed by atoms with Gasteiger partial charge in [0, 0.05) is 24.7 Å². The maximum absolute atomic E-state index is 12.9. The number of imide groups is 1. The van der Waals surface area contributed by atoms with E-state index in [2.05, 4.69) is 15.6 Å². The molecular weight excluding hydrogens is 402 g/mol. The number of nitrogens with zero attached hydrogens (tertiary/aromatic N) is 3. The molecule has 2 aliphatic rings. The van der Waals surface area contributed by atoms with Crippen LogP contribution in [-0.4, -0.2) is 40.6 Å². The summed E-state index contributed by atoms with van der Waals surface area (Å²) in [7, 11) is 1.54. The first kappa shape index (κ1) is 19.0. The zero-order chi connectivity index (χ0) is 21.8. The number of urea groups is 1.